The zero-order chi connectivity index (χ0) is 10.4. The summed E-state index contributed by atoms with van der Waals surface area (Å²) in [6, 6.07) is 0.187. The number of thiol groups is 1. The zero-order valence-electron chi connectivity index (χ0n) is 8.49. The number of nitrogens with zero attached hydrogens (tertiary/aromatic N) is 1. The summed E-state index contributed by atoms with van der Waals surface area (Å²) in [6.07, 6.45) is -0.155. The van der Waals surface area contributed by atoms with Crippen molar-refractivity contribution in [2.45, 2.75) is 18.6 Å². The predicted molar refractivity (Wildman–Crippen MR) is 56.6 cm³/mol. The van der Waals surface area contributed by atoms with E-state index in [2.05, 4.69) is 17.5 Å². The fourth-order valence-corrected chi connectivity index (χ4v) is 1.87. The second kappa shape index (κ2) is 6.61. The molecule has 1 aliphatic rings. The summed E-state index contributed by atoms with van der Waals surface area (Å²) in [5, 5.41) is 0. The van der Waals surface area contributed by atoms with Gasteiger partial charge < -0.3 is 9.47 Å². The van der Waals surface area contributed by atoms with Gasteiger partial charge in [0.1, 0.15) is 6.17 Å². The molecule has 0 aromatic carbocycles. The largest absolute Gasteiger partial charge is 0.383 e. The first-order chi connectivity index (χ1) is 6.77. The first-order valence-corrected chi connectivity index (χ1v) is 5.46. The molecule has 5 heteroatoms. The SMILES string of the molecule is COCCN1C[C@H](F)C[C@H]1COCS. The number of ether oxygens (including phenoxy) is 2. The summed E-state index contributed by atoms with van der Waals surface area (Å²) < 4.78 is 23.3. The third kappa shape index (κ3) is 3.73. The van der Waals surface area contributed by atoms with E-state index in [1.165, 1.54) is 0 Å². The fourth-order valence-electron chi connectivity index (χ4n) is 1.77. The van der Waals surface area contributed by atoms with Crippen molar-refractivity contribution in [3.63, 3.8) is 0 Å². The highest BCUT2D eigenvalue weighted by Crippen LogP contribution is 2.20. The maximum Gasteiger partial charge on any atom is 0.114 e. The third-order valence-electron chi connectivity index (χ3n) is 2.46. The van der Waals surface area contributed by atoms with Crippen LogP contribution < -0.4 is 0 Å². The van der Waals surface area contributed by atoms with Crippen molar-refractivity contribution >= 4 is 12.6 Å². The Morgan fingerprint density at radius 3 is 3.00 bits per heavy atom. The molecule has 14 heavy (non-hydrogen) atoms. The van der Waals surface area contributed by atoms with Gasteiger partial charge in [0.05, 0.1) is 19.2 Å². The Bertz CT molecular complexity index is 146. The average molecular weight is 223 g/mol. The van der Waals surface area contributed by atoms with Crippen molar-refractivity contribution in [3.05, 3.63) is 0 Å². The Kier molecular flexibility index (Phi) is 5.77. The highest BCUT2D eigenvalue weighted by Gasteiger charge is 2.31. The molecular formula is C9H18FNO2S. The molecule has 0 aromatic rings. The number of halogens is 1. The number of likely N-dealkylation sites (tertiary alicyclic amines) is 1. The molecule has 0 unspecified atom stereocenters. The lowest BCUT2D eigenvalue weighted by Crippen LogP contribution is -2.35. The van der Waals surface area contributed by atoms with Crippen LogP contribution in [-0.2, 0) is 9.47 Å². The van der Waals surface area contributed by atoms with Crippen molar-refractivity contribution in [1.29, 1.82) is 0 Å². The van der Waals surface area contributed by atoms with Crippen LogP contribution in [0.5, 0.6) is 0 Å². The Labute approximate surface area is 90.0 Å². The number of hydrogen-bond acceptors (Lipinski definition) is 4. The molecule has 1 saturated heterocycles. The van der Waals surface area contributed by atoms with E-state index >= 15 is 0 Å². The molecule has 1 fully saturated rings. The van der Waals surface area contributed by atoms with Gasteiger partial charge in [-0.3, -0.25) is 4.90 Å². The van der Waals surface area contributed by atoms with Crippen LogP contribution in [0.4, 0.5) is 4.39 Å². The maximum absolute atomic E-state index is 13.1. The molecule has 0 radical (unpaired) electrons. The van der Waals surface area contributed by atoms with Crippen molar-refractivity contribution < 1.29 is 13.9 Å². The van der Waals surface area contributed by atoms with E-state index in [9.17, 15) is 4.39 Å². The van der Waals surface area contributed by atoms with Gasteiger partial charge in [0, 0.05) is 26.2 Å². The van der Waals surface area contributed by atoms with Crippen LogP contribution in [0.1, 0.15) is 6.42 Å². The van der Waals surface area contributed by atoms with Crippen molar-refractivity contribution in [2.24, 2.45) is 0 Å². The Morgan fingerprint density at radius 1 is 1.57 bits per heavy atom. The van der Waals surface area contributed by atoms with Gasteiger partial charge in [-0.25, -0.2) is 4.39 Å². The number of alkyl halides is 1. The van der Waals surface area contributed by atoms with E-state index in [4.69, 9.17) is 9.47 Å². The predicted octanol–water partition coefficient (Wildman–Crippen LogP) is 0.949. The summed E-state index contributed by atoms with van der Waals surface area (Å²) in [5.41, 5.74) is 0. The highest BCUT2D eigenvalue weighted by molar-refractivity contribution is 7.80. The van der Waals surface area contributed by atoms with E-state index < -0.39 is 6.17 Å². The quantitative estimate of drug-likeness (QED) is 0.535. The molecule has 1 aliphatic heterocycles. The Balaban J connectivity index is 2.29. The van der Waals surface area contributed by atoms with Gasteiger partial charge in [-0.2, -0.15) is 12.6 Å². The molecule has 84 valence electrons. The molecule has 0 spiro atoms. The second-order valence-corrected chi connectivity index (χ2v) is 3.73. The van der Waals surface area contributed by atoms with Gasteiger partial charge in [0.2, 0.25) is 0 Å². The van der Waals surface area contributed by atoms with Gasteiger partial charge in [0.25, 0.3) is 0 Å². The smallest absolute Gasteiger partial charge is 0.114 e. The maximum atomic E-state index is 13.1. The number of hydrogen-bond donors (Lipinski definition) is 1. The molecule has 0 amide bonds. The molecule has 2 atom stereocenters. The molecule has 1 rings (SSSR count). The monoisotopic (exact) mass is 223 g/mol. The van der Waals surface area contributed by atoms with Crippen LogP contribution in [0.25, 0.3) is 0 Å². The van der Waals surface area contributed by atoms with Gasteiger partial charge in [-0.05, 0) is 6.42 Å². The van der Waals surface area contributed by atoms with Crippen LogP contribution in [0.3, 0.4) is 0 Å². The van der Waals surface area contributed by atoms with E-state index in [0.29, 0.717) is 32.1 Å². The topological polar surface area (TPSA) is 21.7 Å². The molecule has 0 N–H and O–H groups in total. The van der Waals surface area contributed by atoms with Crippen molar-refractivity contribution in [1.82, 2.24) is 4.90 Å². The standard InChI is InChI=1S/C9H18FNO2S/c1-12-3-2-11-5-8(10)4-9(11)6-13-7-14/h8-9,14H,2-7H2,1H3/t8-,9+/m1/s1. The van der Waals surface area contributed by atoms with Crippen molar-refractivity contribution in [2.75, 3.05) is 39.4 Å². The van der Waals surface area contributed by atoms with Crippen LogP contribution >= 0.6 is 12.6 Å². The first kappa shape index (κ1) is 12.2. The highest BCUT2D eigenvalue weighted by atomic mass is 32.1. The number of methoxy groups -OCH3 is 1. The lowest BCUT2D eigenvalue weighted by Gasteiger charge is -2.22. The summed E-state index contributed by atoms with van der Waals surface area (Å²) in [4.78, 5) is 2.08. The molecule has 0 bridgehead atoms. The molecule has 1 heterocycles. The minimum Gasteiger partial charge on any atom is -0.383 e. The molecule has 0 aromatic heterocycles. The van der Waals surface area contributed by atoms with Gasteiger partial charge in [-0.1, -0.05) is 0 Å². The molecule has 3 nitrogen and oxygen atoms in total. The second-order valence-electron chi connectivity index (χ2n) is 3.47. The number of rotatable bonds is 6. The van der Waals surface area contributed by atoms with E-state index in [-0.39, 0.29) is 6.04 Å². The van der Waals surface area contributed by atoms with Gasteiger partial charge >= 0.3 is 0 Å². The Morgan fingerprint density at radius 2 is 2.36 bits per heavy atom. The van der Waals surface area contributed by atoms with E-state index in [0.717, 1.165) is 6.54 Å². The summed E-state index contributed by atoms with van der Waals surface area (Å²) in [5.74, 6) is 0.394. The van der Waals surface area contributed by atoms with E-state index in [1.807, 2.05) is 0 Å². The van der Waals surface area contributed by atoms with Gasteiger partial charge in [0.15, 0.2) is 0 Å². The van der Waals surface area contributed by atoms with Crippen molar-refractivity contribution in [3.8, 4) is 0 Å². The lowest BCUT2D eigenvalue weighted by molar-refractivity contribution is 0.0856. The van der Waals surface area contributed by atoms with Crippen LogP contribution in [0.2, 0.25) is 0 Å². The average Bonchev–Trinajstić information content (AvgIpc) is 2.52. The zero-order valence-corrected chi connectivity index (χ0v) is 9.38. The third-order valence-corrected chi connectivity index (χ3v) is 2.64. The normalized spacial score (nSPS) is 28.5. The van der Waals surface area contributed by atoms with Crippen LogP contribution in [-0.4, -0.2) is 56.5 Å². The summed E-state index contributed by atoms with van der Waals surface area (Å²) >= 11 is 3.96. The lowest BCUT2D eigenvalue weighted by atomic mass is 10.2. The van der Waals surface area contributed by atoms with Crippen LogP contribution in [0, 0.1) is 0 Å². The summed E-state index contributed by atoms with van der Waals surface area (Å²) in [7, 11) is 1.65. The summed E-state index contributed by atoms with van der Waals surface area (Å²) in [6.45, 7) is 2.49. The minimum atomic E-state index is -0.722. The van der Waals surface area contributed by atoms with E-state index in [1.54, 1.807) is 7.11 Å². The minimum absolute atomic E-state index is 0.187. The van der Waals surface area contributed by atoms with Crippen LogP contribution in [0.15, 0.2) is 0 Å². The first-order valence-electron chi connectivity index (χ1n) is 4.83. The Hall–Kier alpha value is 0.160. The molecule has 0 saturated carbocycles. The molecule has 0 aliphatic carbocycles. The molecular weight excluding hydrogens is 205 g/mol. The van der Waals surface area contributed by atoms with Gasteiger partial charge in [-0.15, -0.1) is 0 Å². The fraction of sp³-hybridized carbons (Fsp3) is 1.00.